The molecular weight excluding hydrogens is 386 g/mol. The highest BCUT2D eigenvalue weighted by Gasteiger charge is 2.11. The summed E-state index contributed by atoms with van der Waals surface area (Å²) < 4.78 is 0. The van der Waals surface area contributed by atoms with Crippen molar-refractivity contribution in [2.75, 3.05) is 28.6 Å². The molecule has 4 rings (SSSR count). The van der Waals surface area contributed by atoms with Gasteiger partial charge in [0.2, 0.25) is 0 Å². The monoisotopic (exact) mass is 411 g/mol. The number of benzene rings is 3. The van der Waals surface area contributed by atoms with Gasteiger partial charge < -0.3 is 15.5 Å². The fourth-order valence-electron chi connectivity index (χ4n) is 3.57. The van der Waals surface area contributed by atoms with Gasteiger partial charge in [0.15, 0.2) is 5.78 Å². The van der Waals surface area contributed by atoms with E-state index in [0.717, 1.165) is 18.7 Å². The molecule has 0 radical (unpaired) electrons. The van der Waals surface area contributed by atoms with Crippen LogP contribution in [0.1, 0.15) is 28.8 Å². The molecule has 31 heavy (non-hydrogen) atoms. The molecule has 2 amide bonds. The topological polar surface area (TPSA) is 61.4 Å². The molecule has 0 spiro atoms. The van der Waals surface area contributed by atoms with Crippen LogP contribution < -0.4 is 15.5 Å². The van der Waals surface area contributed by atoms with Crippen LogP contribution in [0, 0.1) is 0 Å². The van der Waals surface area contributed by atoms with Crippen molar-refractivity contribution in [2.45, 2.75) is 12.8 Å². The summed E-state index contributed by atoms with van der Waals surface area (Å²) in [5.74, 6) is -0.0797. The molecule has 3 aromatic carbocycles. The van der Waals surface area contributed by atoms with Crippen LogP contribution >= 0.6 is 0 Å². The fraction of sp³-hybridized carbons (Fsp3) is 0.154. The maximum absolute atomic E-state index is 12.5. The molecule has 0 saturated carbocycles. The molecule has 5 heteroatoms. The first-order valence-corrected chi connectivity index (χ1v) is 10.5. The Morgan fingerprint density at radius 3 is 2.00 bits per heavy atom. The minimum absolute atomic E-state index is 0.0797. The molecular formula is C26H25N3O2. The van der Waals surface area contributed by atoms with E-state index in [0.29, 0.717) is 16.9 Å². The van der Waals surface area contributed by atoms with E-state index in [2.05, 4.69) is 27.7 Å². The zero-order valence-electron chi connectivity index (χ0n) is 17.3. The Kier molecular flexibility index (Phi) is 6.43. The first kappa shape index (κ1) is 20.4. The van der Waals surface area contributed by atoms with Gasteiger partial charge in [-0.2, -0.15) is 0 Å². The summed E-state index contributed by atoms with van der Waals surface area (Å²) >= 11 is 0. The molecule has 5 nitrogen and oxygen atoms in total. The van der Waals surface area contributed by atoms with Gasteiger partial charge in [-0.15, -0.1) is 0 Å². The lowest BCUT2D eigenvalue weighted by Gasteiger charge is -2.17. The summed E-state index contributed by atoms with van der Waals surface area (Å²) in [6, 6.07) is 24.0. The Labute approximate surface area is 182 Å². The summed E-state index contributed by atoms with van der Waals surface area (Å²) in [7, 11) is 0. The zero-order valence-corrected chi connectivity index (χ0v) is 17.3. The lowest BCUT2D eigenvalue weighted by atomic mass is 10.1. The summed E-state index contributed by atoms with van der Waals surface area (Å²) in [5.41, 5.74) is 4.13. The van der Waals surface area contributed by atoms with E-state index in [4.69, 9.17) is 0 Å². The van der Waals surface area contributed by atoms with Crippen LogP contribution in [0.3, 0.4) is 0 Å². The quantitative estimate of drug-likeness (QED) is 0.396. The molecule has 1 aliphatic rings. The van der Waals surface area contributed by atoms with E-state index in [1.165, 1.54) is 18.5 Å². The predicted molar refractivity (Wildman–Crippen MR) is 127 cm³/mol. The Hall–Kier alpha value is -3.86. The summed E-state index contributed by atoms with van der Waals surface area (Å²) in [4.78, 5) is 26.9. The molecule has 0 unspecified atom stereocenters. The van der Waals surface area contributed by atoms with Gasteiger partial charge in [-0.1, -0.05) is 36.4 Å². The number of carbonyl (C=O) groups is 2. The van der Waals surface area contributed by atoms with E-state index in [-0.39, 0.29) is 11.8 Å². The van der Waals surface area contributed by atoms with Gasteiger partial charge >= 0.3 is 6.03 Å². The van der Waals surface area contributed by atoms with E-state index in [1.54, 1.807) is 30.3 Å². The number of ketones is 1. The van der Waals surface area contributed by atoms with Gasteiger partial charge in [0, 0.05) is 35.7 Å². The third-order valence-electron chi connectivity index (χ3n) is 5.25. The maximum Gasteiger partial charge on any atom is 0.323 e. The van der Waals surface area contributed by atoms with Gasteiger partial charge in [-0.3, -0.25) is 4.79 Å². The fourth-order valence-corrected chi connectivity index (χ4v) is 3.57. The van der Waals surface area contributed by atoms with Crippen LogP contribution in [0.4, 0.5) is 21.9 Å². The molecule has 0 bridgehead atoms. The standard InChI is InChI=1S/C26H25N3O2/c30-25(17-10-20-8-15-24(16-9-20)29-18-4-5-19-29)21-11-13-23(14-12-21)28-26(31)27-22-6-2-1-3-7-22/h1-3,6-17H,4-5,18-19H2,(H2,27,28,31)/b17-10+. The van der Waals surface area contributed by atoms with Crippen LogP contribution in [-0.2, 0) is 0 Å². The normalized spacial score (nSPS) is 13.4. The van der Waals surface area contributed by atoms with E-state index < -0.39 is 0 Å². The van der Waals surface area contributed by atoms with Crippen LogP contribution in [0.2, 0.25) is 0 Å². The third-order valence-corrected chi connectivity index (χ3v) is 5.25. The van der Waals surface area contributed by atoms with Crippen molar-refractivity contribution in [3.63, 3.8) is 0 Å². The number of nitrogens with zero attached hydrogens (tertiary/aromatic N) is 1. The van der Waals surface area contributed by atoms with Gasteiger partial charge in [0.25, 0.3) is 0 Å². The smallest absolute Gasteiger partial charge is 0.323 e. The second-order valence-corrected chi connectivity index (χ2v) is 7.51. The van der Waals surface area contributed by atoms with E-state index in [1.807, 2.05) is 48.5 Å². The van der Waals surface area contributed by atoms with Gasteiger partial charge in [0.05, 0.1) is 0 Å². The number of nitrogens with one attached hydrogen (secondary N) is 2. The van der Waals surface area contributed by atoms with Gasteiger partial charge in [-0.05, 0) is 73.0 Å². The second kappa shape index (κ2) is 9.76. The molecule has 3 aromatic rings. The summed E-state index contributed by atoms with van der Waals surface area (Å²) in [6.07, 6.45) is 5.91. The number of hydrogen-bond acceptors (Lipinski definition) is 3. The number of carbonyl (C=O) groups excluding carboxylic acids is 2. The Bertz CT molecular complexity index is 1050. The molecule has 156 valence electrons. The first-order valence-electron chi connectivity index (χ1n) is 10.5. The third kappa shape index (κ3) is 5.60. The largest absolute Gasteiger partial charge is 0.372 e. The van der Waals surface area contributed by atoms with Crippen LogP contribution in [0.25, 0.3) is 6.08 Å². The van der Waals surface area contributed by atoms with Crippen LogP contribution in [0.5, 0.6) is 0 Å². The lowest BCUT2D eigenvalue weighted by Crippen LogP contribution is -2.19. The molecule has 2 N–H and O–H groups in total. The number of allylic oxidation sites excluding steroid dienone is 1. The van der Waals surface area contributed by atoms with E-state index >= 15 is 0 Å². The average molecular weight is 412 g/mol. The number of para-hydroxylation sites is 1. The van der Waals surface area contributed by atoms with Crippen molar-refractivity contribution in [2.24, 2.45) is 0 Å². The molecule has 1 saturated heterocycles. The molecule has 0 aliphatic carbocycles. The molecule has 1 heterocycles. The highest BCUT2D eigenvalue weighted by molar-refractivity contribution is 6.07. The van der Waals surface area contributed by atoms with Crippen molar-refractivity contribution < 1.29 is 9.59 Å². The molecule has 1 aliphatic heterocycles. The molecule has 0 aromatic heterocycles. The average Bonchev–Trinajstić information content (AvgIpc) is 3.34. The van der Waals surface area contributed by atoms with Crippen molar-refractivity contribution in [1.82, 2.24) is 0 Å². The van der Waals surface area contributed by atoms with Crippen molar-refractivity contribution in [3.05, 3.63) is 96.1 Å². The number of urea groups is 1. The van der Waals surface area contributed by atoms with Crippen LogP contribution in [-0.4, -0.2) is 24.9 Å². The highest BCUT2D eigenvalue weighted by atomic mass is 16.2. The Morgan fingerprint density at radius 2 is 1.35 bits per heavy atom. The Balaban J connectivity index is 1.32. The minimum atomic E-state index is -0.331. The van der Waals surface area contributed by atoms with Crippen molar-refractivity contribution in [1.29, 1.82) is 0 Å². The maximum atomic E-state index is 12.5. The van der Waals surface area contributed by atoms with Crippen molar-refractivity contribution in [3.8, 4) is 0 Å². The first-order chi connectivity index (χ1) is 15.2. The van der Waals surface area contributed by atoms with Gasteiger partial charge in [-0.25, -0.2) is 4.79 Å². The van der Waals surface area contributed by atoms with Crippen molar-refractivity contribution >= 4 is 35.0 Å². The number of rotatable bonds is 6. The number of hydrogen-bond donors (Lipinski definition) is 2. The zero-order chi connectivity index (χ0) is 21.5. The van der Waals surface area contributed by atoms with Gasteiger partial charge in [0.1, 0.15) is 0 Å². The second-order valence-electron chi connectivity index (χ2n) is 7.51. The number of anilines is 3. The predicted octanol–water partition coefficient (Wildman–Crippen LogP) is 5.83. The summed E-state index contributed by atoms with van der Waals surface area (Å²) in [5, 5.41) is 5.52. The molecule has 0 atom stereocenters. The molecule has 1 fully saturated rings. The highest BCUT2D eigenvalue weighted by Crippen LogP contribution is 2.21. The number of amides is 2. The van der Waals surface area contributed by atoms with E-state index in [9.17, 15) is 9.59 Å². The SMILES string of the molecule is O=C(Nc1ccccc1)Nc1ccc(C(=O)/C=C/c2ccc(N3CCCC3)cc2)cc1. The minimum Gasteiger partial charge on any atom is -0.372 e. The lowest BCUT2D eigenvalue weighted by molar-refractivity contribution is 0.104. The summed E-state index contributed by atoms with van der Waals surface area (Å²) in [6.45, 7) is 2.23. The Morgan fingerprint density at radius 1 is 0.742 bits per heavy atom. The van der Waals surface area contributed by atoms with Crippen LogP contribution in [0.15, 0.2) is 84.9 Å².